The lowest BCUT2D eigenvalue weighted by atomic mass is 9.65. The van der Waals surface area contributed by atoms with Gasteiger partial charge in [-0.25, -0.2) is 8.78 Å². The van der Waals surface area contributed by atoms with Gasteiger partial charge in [0.05, 0.1) is 20.2 Å². The number of halogens is 2. The average molecular weight is 411 g/mol. The minimum atomic E-state index is -4.90. The van der Waals surface area contributed by atoms with Crippen LogP contribution >= 0.6 is 0 Å². The van der Waals surface area contributed by atoms with Crippen LogP contribution in [0.15, 0.2) is 60.2 Å². The molecule has 2 aromatic carbocycles. The summed E-state index contributed by atoms with van der Waals surface area (Å²) in [6.45, 7) is 0. The molecule has 0 spiro atoms. The van der Waals surface area contributed by atoms with Gasteiger partial charge in [0.2, 0.25) is 17.4 Å². The number of carbonyl (C=O) groups is 1. The normalized spacial score (nSPS) is 19.9. The van der Waals surface area contributed by atoms with Crippen molar-refractivity contribution in [2.24, 2.45) is 5.73 Å². The van der Waals surface area contributed by atoms with Crippen molar-refractivity contribution in [3.8, 4) is 0 Å². The second-order valence-electron chi connectivity index (χ2n) is 6.18. The van der Waals surface area contributed by atoms with Crippen LogP contribution in [-0.2, 0) is 33.9 Å². The third-order valence-corrected chi connectivity index (χ3v) is 5.65. The molecule has 0 fully saturated rings. The largest absolute Gasteiger partial charge is 0.467 e. The van der Waals surface area contributed by atoms with E-state index in [0.717, 1.165) is 12.1 Å². The van der Waals surface area contributed by atoms with Gasteiger partial charge in [-0.3, -0.25) is 4.79 Å². The van der Waals surface area contributed by atoms with Crippen molar-refractivity contribution < 1.29 is 30.9 Å². The van der Waals surface area contributed by atoms with Gasteiger partial charge in [-0.15, -0.1) is 0 Å². The molecule has 0 saturated heterocycles. The third-order valence-electron chi connectivity index (χ3n) is 4.20. The first-order valence-corrected chi connectivity index (χ1v) is 9.36. The Labute approximate surface area is 169 Å². The van der Waals surface area contributed by atoms with Crippen LogP contribution in [0.5, 0.6) is 0 Å². The SMILES string of the molecule is [B]C1(c2ccc(F)cc2F)OC(N)=C(OS(=O)(=O)C([B])([B])c2ccccc2)C1=O. The summed E-state index contributed by atoms with van der Waals surface area (Å²) >= 11 is 0. The van der Waals surface area contributed by atoms with Crippen molar-refractivity contribution in [1.29, 1.82) is 0 Å². The molecule has 1 aliphatic rings. The second kappa shape index (κ2) is 6.94. The Morgan fingerprint density at radius 1 is 1.10 bits per heavy atom. The number of ketones is 1. The van der Waals surface area contributed by atoms with Gasteiger partial charge in [-0.05, 0) is 17.7 Å². The fourth-order valence-electron chi connectivity index (χ4n) is 2.62. The summed E-state index contributed by atoms with van der Waals surface area (Å²) in [5, 5.41) is 0. The van der Waals surface area contributed by atoms with Crippen molar-refractivity contribution >= 4 is 39.4 Å². The van der Waals surface area contributed by atoms with Gasteiger partial charge in [0.25, 0.3) is 0 Å². The lowest BCUT2D eigenvalue weighted by molar-refractivity contribution is -0.126. The van der Waals surface area contributed by atoms with Crippen molar-refractivity contribution in [1.82, 2.24) is 0 Å². The van der Waals surface area contributed by atoms with Crippen LogP contribution in [0.25, 0.3) is 0 Å². The molecule has 0 aliphatic carbocycles. The van der Waals surface area contributed by atoms with Crippen molar-refractivity contribution in [2.75, 3.05) is 0 Å². The molecule has 1 unspecified atom stereocenters. The lowest BCUT2D eigenvalue weighted by Gasteiger charge is -2.26. The molecular formula is C17H10B3F2NO5S. The first kappa shape index (κ1) is 21.0. The van der Waals surface area contributed by atoms with Gasteiger partial charge in [0.1, 0.15) is 11.6 Å². The molecule has 0 amide bonds. The summed E-state index contributed by atoms with van der Waals surface area (Å²) < 4.78 is 59.7. The molecule has 0 aromatic heterocycles. The van der Waals surface area contributed by atoms with Crippen LogP contribution in [0, 0.1) is 11.6 Å². The Balaban J connectivity index is 1.96. The average Bonchev–Trinajstić information content (AvgIpc) is 2.85. The van der Waals surface area contributed by atoms with Crippen molar-refractivity contribution in [3.05, 3.63) is 82.9 Å². The van der Waals surface area contributed by atoms with Gasteiger partial charge >= 0.3 is 10.1 Å². The Bertz CT molecular complexity index is 1130. The predicted octanol–water partition coefficient (Wildman–Crippen LogP) is 0.507. The van der Waals surface area contributed by atoms with Crippen molar-refractivity contribution in [2.45, 2.75) is 10.0 Å². The number of rotatable bonds is 5. The molecule has 2 N–H and O–H groups in total. The Morgan fingerprint density at radius 3 is 2.31 bits per heavy atom. The fraction of sp³-hybridized carbons (Fsp3) is 0.118. The van der Waals surface area contributed by atoms with Gasteiger partial charge in [-0.1, -0.05) is 30.3 Å². The highest BCUT2D eigenvalue weighted by molar-refractivity contribution is 7.90. The van der Waals surface area contributed by atoms with E-state index in [9.17, 15) is 22.0 Å². The highest BCUT2D eigenvalue weighted by Crippen LogP contribution is 2.38. The van der Waals surface area contributed by atoms with E-state index >= 15 is 0 Å². The van der Waals surface area contributed by atoms with E-state index < -0.39 is 54.8 Å². The first-order chi connectivity index (χ1) is 13.4. The van der Waals surface area contributed by atoms with Gasteiger partial charge in [0, 0.05) is 11.6 Å². The molecule has 0 saturated carbocycles. The van der Waals surface area contributed by atoms with Gasteiger partial charge < -0.3 is 14.7 Å². The smallest absolute Gasteiger partial charge is 0.302 e. The molecule has 2 aromatic rings. The van der Waals surface area contributed by atoms with E-state index in [0.29, 0.717) is 6.07 Å². The third kappa shape index (κ3) is 3.41. The molecule has 1 heterocycles. The molecule has 6 nitrogen and oxygen atoms in total. The number of hydrogen-bond acceptors (Lipinski definition) is 6. The van der Waals surface area contributed by atoms with Gasteiger partial charge in [-0.2, -0.15) is 8.42 Å². The minimum absolute atomic E-state index is 0.0471. The summed E-state index contributed by atoms with van der Waals surface area (Å²) in [7, 11) is 12.3. The molecular weight excluding hydrogens is 401 g/mol. The van der Waals surface area contributed by atoms with E-state index in [1.807, 2.05) is 0 Å². The number of hydrogen-bond donors (Lipinski definition) is 1. The van der Waals surface area contributed by atoms with Crippen molar-refractivity contribution in [3.63, 3.8) is 0 Å². The van der Waals surface area contributed by atoms with E-state index in [2.05, 4.69) is 0 Å². The zero-order chi connectivity index (χ0) is 21.6. The van der Waals surface area contributed by atoms with Crippen LogP contribution < -0.4 is 5.73 Å². The lowest BCUT2D eigenvalue weighted by Crippen LogP contribution is -2.40. The summed E-state index contributed by atoms with van der Waals surface area (Å²) in [5.41, 5.74) is 2.33. The summed E-state index contributed by atoms with van der Waals surface area (Å²) in [5.74, 6) is -5.35. The van der Waals surface area contributed by atoms with Gasteiger partial charge in [0.15, 0.2) is 13.3 Å². The fourth-order valence-corrected chi connectivity index (χ4v) is 3.56. The number of benzene rings is 2. The second-order valence-corrected chi connectivity index (χ2v) is 7.93. The summed E-state index contributed by atoms with van der Waals surface area (Å²) in [6.07, 6.45) is 0. The maximum absolute atomic E-state index is 14.1. The maximum atomic E-state index is 14.1. The van der Waals surface area contributed by atoms with Crippen LogP contribution in [0.2, 0.25) is 0 Å². The number of nitrogens with two attached hydrogens (primary N) is 1. The topological polar surface area (TPSA) is 95.7 Å². The molecule has 142 valence electrons. The van der Waals surface area contributed by atoms with Crippen LogP contribution in [-0.4, -0.2) is 37.7 Å². The predicted molar refractivity (Wildman–Crippen MR) is 101 cm³/mol. The van der Waals surface area contributed by atoms with Crippen LogP contribution in [0.1, 0.15) is 11.1 Å². The minimum Gasteiger partial charge on any atom is -0.467 e. The van der Waals surface area contributed by atoms with Crippen LogP contribution in [0.3, 0.4) is 0 Å². The Hall–Kier alpha value is -2.75. The summed E-state index contributed by atoms with van der Waals surface area (Å²) in [4.78, 5) is 12.7. The maximum Gasteiger partial charge on any atom is 0.302 e. The molecule has 1 atom stereocenters. The number of Topliss-reactive ketones (excluding diaryl/α,β-unsaturated/α-hetero) is 1. The summed E-state index contributed by atoms with van der Waals surface area (Å²) in [6, 6.07) is 9.37. The molecule has 12 heteroatoms. The number of carbonyl (C=O) groups excluding carboxylic acids is 1. The number of ether oxygens (including phenoxy) is 1. The highest BCUT2D eigenvalue weighted by atomic mass is 32.2. The Kier molecular flexibility index (Phi) is 5.02. The quantitative estimate of drug-likeness (QED) is 0.570. The highest BCUT2D eigenvalue weighted by Gasteiger charge is 2.51. The zero-order valence-electron chi connectivity index (χ0n) is 14.6. The van der Waals surface area contributed by atoms with E-state index in [4.69, 9.17) is 38.2 Å². The molecule has 3 rings (SSSR count). The van der Waals surface area contributed by atoms with E-state index in [1.54, 1.807) is 6.07 Å². The van der Waals surface area contributed by atoms with E-state index in [-0.39, 0.29) is 5.56 Å². The molecule has 0 bridgehead atoms. The molecule has 6 radical (unpaired) electrons. The molecule has 1 aliphatic heterocycles. The molecule has 29 heavy (non-hydrogen) atoms. The van der Waals surface area contributed by atoms with Crippen LogP contribution in [0.4, 0.5) is 8.78 Å². The van der Waals surface area contributed by atoms with E-state index in [1.165, 1.54) is 24.3 Å². The standard InChI is InChI=1S/C17H10B3F2NO5S/c18-16(11-7-6-10(21)8-12(11)22)14(24)13(15(23)27-16)28-29(25,26)17(19,20)9-4-2-1-3-5-9/h1-8H,23H2. The Morgan fingerprint density at radius 2 is 1.72 bits per heavy atom. The first-order valence-electron chi connectivity index (χ1n) is 7.95. The monoisotopic (exact) mass is 411 g/mol. The zero-order valence-corrected chi connectivity index (χ0v) is 15.5.